The van der Waals surface area contributed by atoms with Crippen LogP contribution in [0.4, 0.5) is 0 Å². The zero-order valence-electron chi connectivity index (χ0n) is 21.4. The van der Waals surface area contributed by atoms with Crippen LogP contribution in [0.5, 0.6) is 5.75 Å². The number of ether oxygens (including phenoxy) is 2. The number of carbonyl (C=O) groups is 1. The van der Waals surface area contributed by atoms with Crippen LogP contribution in [0.15, 0.2) is 48.5 Å². The molecule has 0 amide bonds. The monoisotopic (exact) mass is 484 g/mol. The number of benzene rings is 3. The fourth-order valence-electron chi connectivity index (χ4n) is 8.09. The minimum Gasteiger partial charge on any atom is -0.478 e. The molecule has 4 aliphatic rings. The highest BCUT2D eigenvalue weighted by molar-refractivity contribution is 5.94. The molecule has 4 heteroatoms. The first-order chi connectivity index (χ1) is 17.5. The average molecular weight is 485 g/mol. The lowest BCUT2D eigenvalue weighted by molar-refractivity contribution is -0.00874. The number of aryl methyl sites for hydroxylation is 1. The van der Waals surface area contributed by atoms with E-state index in [9.17, 15) is 9.90 Å². The van der Waals surface area contributed by atoms with Crippen molar-refractivity contribution in [2.24, 2.45) is 17.8 Å². The molecule has 0 atom stereocenters. The van der Waals surface area contributed by atoms with E-state index in [1.54, 1.807) is 19.2 Å². The summed E-state index contributed by atoms with van der Waals surface area (Å²) in [6.07, 6.45) is 10.1. The Hall–Kier alpha value is -2.85. The number of fused-ring (bicyclic) bond motifs is 1. The second-order valence-corrected chi connectivity index (χ2v) is 11.5. The van der Waals surface area contributed by atoms with Gasteiger partial charge in [-0.25, -0.2) is 4.79 Å². The summed E-state index contributed by atoms with van der Waals surface area (Å²) in [5.41, 5.74) is 5.55. The number of hydrogen-bond acceptors (Lipinski definition) is 3. The van der Waals surface area contributed by atoms with Gasteiger partial charge in [0.25, 0.3) is 0 Å². The van der Waals surface area contributed by atoms with Gasteiger partial charge in [-0.1, -0.05) is 37.6 Å². The van der Waals surface area contributed by atoms with Crippen LogP contribution in [0.3, 0.4) is 0 Å². The van der Waals surface area contributed by atoms with E-state index >= 15 is 0 Å². The summed E-state index contributed by atoms with van der Waals surface area (Å²) in [6, 6.07) is 16.4. The fourth-order valence-corrected chi connectivity index (χ4v) is 8.09. The summed E-state index contributed by atoms with van der Waals surface area (Å²) in [5.74, 6) is 2.68. The summed E-state index contributed by atoms with van der Waals surface area (Å²) in [7, 11) is 1.69. The largest absolute Gasteiger partial charge is 0.478 e. The van der Waals surface area contributed by atoms with Gasteiger partial charge >= 0.3 is 5.97 Å². The van der Waals surface area contributed by atoms with Gasteiger partial charge in [0.1, 0.15) is 5.75 Å². The maximum absolute atomic E-state index is 11.4. The van der Waals surface area contributed by atoms with Crippen molar-refractivity contribution in [2.45, 2.75) is 63.7 Å². The van der Waals surface area contributed by atoms with Gasteiger partial charge in [-0.05, 0) is 120 Å². The van der Waals surface area contributed by atoms with Crippen molar-refractivity contribution in [3.05, 3.63) is 65.2 Å². The number of hydrogen-bond donors (Lipinski definition) is 1. The Morgan fingerprint density at radius 3 is 2.22 bits per heavy atom. The standard InChI is InChI=1S/C32H36O4/c1-3-4-27-26(23-5-7-24(8-6-23)31(33)34)10-9-25-14-30(36-19-35-2)29(15-28(25)27)32-16-20-11-21(17-32)13-22(12-20)18-32/h5-10,14-15,20-22H,3-4,11-13,16-19H2,1-2H3,(H,33,34). The predicted octanol–water partition coefficient (Wildman–Crippen LogP) is 7.61. The molecule has 0 aromatic heterocycles. The lowest BCUT2D eigenvalue weighted by Gasteiger charge is -2.57. The molecule has 4 nitrogen and oxygen atoms in total. The molecule has 3 aromatic rings. The average Bonchev–Trinajstić information content (AvgIpc) is 2.86. The minimum absolute atomic E-state index is 0.217. The highest BCUT2D eigenvalue weighted by atomic mass is 16.7. The first kappa shape index (κ1) is 23.5. The number of aromatic carboxylic acids is 1. The van der Waals surface area contributed by atoms with Crippen molar-refractivity contribution in [2.75, 3.05) is 13.9 Å². The van der Waals surface area contributed by atoms with Gasteiger partial charge in [-0.3, -0.25) is 0 Å². The molecule has 4 fully saturated rings. The second kappa shape index (κ2) is 9.23. The van der Waals surface area contributed by atoms with E-state index in [0.29, 0.717) is 5.56 Å². The van der Waals surface area contributed by atoms with Crippen LogP contribution < -0.4 is 4.74 Å². The number of carboxylic acid groups (broad SMARTS) is 1. The zero-order valence-corrected chi connectivity index (χ0v) is 21.4. The normalized spacial score (nSPS) is 26.4. The zero-order chi connectivity index (χ0) is 24.9. The number of methoxy groups -OCH3 is 1. The highest BCUT2D eigenvalue weighted by Gasteiger charge is 2.52. The summed E-state index contributed by atoms with van der Waals surface area (Å²) in [5, 5.41) is 11.9. The van der Waals surface area contributed by atoms with Crippen LogP contribution in [0.25, 0.3) is 21.9 Å². The molecule has 7 rings (SSSR count). The molecule has 4 bridgehead atoms. The predicted molar refractivity (Wildman–Crippen MR) is 143 cm³/mol. The third-order valence-corrected chi connectivity index (χ3v) is 9.12. The van der Waals surface area contributed by atoms with Crippen LogP contribution in [-0.2, 0) is 16.6 Å². The smallest absolute Gasteiger partial charge is 0.335 e. The molecule has 36 heavy (non-hydrogen) atoms. The molecule has 1 N–H and O–H groups in total. The van der Waals surface area contributed by atoms with E-state index in [-0.39, 0.29) is 12.2 Å². The van der Waals surface area contributed by atoms with Gasteiger partial charge in [0, 0.05) is 12.7 Å². The molecule has 4 aliphatic carbocycles. The molecule has 4 saturated carbocycles. The van der Waals surface area contributed by atoms with Crippen molar-refractivity contribution >= 4 is 16.7 Å². The molecular formula is C32H36O4. The molecule has 0 radical (unpaired) electrons. The molecule has 0 heterocycles. The van der Waals surface area contributed by atoms with E-state index in [1.807, 2.05) is 12.1 Å². The van der Waals surface area contributed by atoms with E-state index in [2.05, 4.69) is 31.2 Å². The van der Waals surface area contributed by atoms with Gasteiger partial charge in [0.05, 0.1) is 5.56 Å². The molecule has 188 valence electrons. The van der Waals surface area contributed by atoms with E-state index in [1.165, 1.54) is 66.0 Å². The second-order valence-electron chi connectivity index (χ2n) is 11.5. The third-order valence-electron chi connectivity index (χ3n) is 9.12. The Morgan fingerprint density at radius 1 is 0.972 bits per heavy atom. The van der Waals surface area contributed by atoms with Crippen LogP contribution in [-0.4, -0.2) is 25.0 Å². The number of carboxylic acids is 1. The van der Waals surface area contributed by atoms with Crippen LogP contribution in [0.2, 0.25) is 0 Å². The third kappa shape index (κ3) is 4.00. The topological polar surface area (TPSA) is 55.8 Å². The quantitative estimate of drug-likeness (QED) is 0.334. The lowest BCUT2D eigenvalue weighted by atomic mass is 9.48. The van der Waals surface area contributed by atoms with Gasteiger partial charge in [-0.15, -0.1) is 0 Å². The minimum atomic E-state index is -0.891. The Morgan fingerprint density at radius 2 is 1.64 bits per heavy atom. The van der Waals surface area contributed by atoms with Crippen molar-refractivity contribution in [3.63, 3.8) is 0 Å². The molecule has 0 spiro atoms. The maximum atomic E-state index is 11.4. The molecule has 0 unspecified atom stereocenters. The lowest BCUT2D eigenvalue weighted by Crippen LogP contribution is -2.48. The molecule has 0 aliphatic heterocycles. The van der Waals surface area contributed by atoms with E-state index < -0.39 is 5.97 Å². The van der Waals surface area contributed by atoms with Crippen molar-refractivity contribution in [3.8, 4) is 16.9 Å². The van der Waals surface area contributed by atoms with E-state index in [4.69, 9.17) is 9.47 Å². The summed E-state index contributed by atoms with van der Waals surface area (Å²) in [6.45, 7) is 2.49. The molecular weight excluding hydrogens is 448 g/mol. The molecule has 3 aromatic carbocycles. The van der Waals surface area contributed by atoms with E-state index in [0.717, 1.165) is 41.9 Å². The first-order valence-electron chi connectivity index (χ1n) is 13.5. The van der Waals surface area contributed by atoms with Crippen molar-refractivity contribution < 1.29 is 19.4 Å². The summed E-state index contributed by atoms with van der Waals surface area (Å²) in [4.78, 5) is 11.4. The van der Waals surface area contributed by atoms with Crippen LogP contribution >= 0.6 is 0 Å². The van der Waals surface area contributed by atoms with Crippen molar-refractivity contribution in [1.29, 1.82) is 0 Å². The Kier molecular flexibility index (Phi) is 6.03. The molecule has 0 saturated heterocycles. The first-order valence-corrected chi connectivity index (χ1v) is 13.5. The summed E-state index contributed by atoms with van der Waals surface area (Å²) >= 11 is 0. The van der Waals surface area contributed by atoms with Crippen LogP contribution in [0, 0.1) is 17.8 Å². The Balaban J connectivity index is 1.52. The van der Waals surface area contributed by atoms with Crippen LogP contribution in [0.1, 0.15) is 73.4 Å². The van der Waals surface area contributed by atoms with Gasteiger partial charge < -0.3 is 14.6 Å². The van der Waals surface area contributed by atoms with Gasteiger partial charge in [-0.2, -0.15) is 0 Å². The fraction of sp³-hybridized carbons (Fsp3) is 0.469. The number of rotatable bonds is 8. The SMILES string of the molecule is CCCc1c(-c2ccc(C(=O)O)cc2)ccc2cc(OCOC)c(C34CC5CC(CC(C5)C3)C4)cc12. The summed E-state index contributed by atoms with van der Waals surface area (Å²) < 4.78 is 11.6. The Bertz CT molecular complexity index is 1250. The van der Waals surface area contributed by atoms with Gasteiger partial charge in [0.2, 0.25) is 0 Å². The maximum Gasteiger partial charge on any atom is 0.335 e. The Labute approximate surface area is 213 Å². The highest BCUT2D eigenvalue weighted by Crippen LogP contribution is 2.62. The van der Waals surface area contributed by atoms with Crippen molar-refractivity contribution in [1.82, 2.24) is 0 Å². The van der Waals surface area contributed by atoms with Gasteiger partial charge in [0.15, 0.2) is 6.79 Å².